The lowest BCUT2D eigenvalue weighted by Gasteiger charge is -2.36. The molecule has 0 aliphatic rings. The molecule has 1 aromatic heterocycles. The summed E-state index contributed by atoms with van der Waals surface area (Å²) >= 11 is 0. The number of rotatable bonds is 5. The van der Waals surface area contributed by atoms with E-state index in [1.807, 2.05) is 0 Å². The number of nitrogens with zero attached hydrogens (tertiary/aromatic N) is 1. The van der Waals surface area contributed by atoms with Crippen LogP contribution in [0, 0.1) is 6.92 Å². The summed E-state index contributed by atoms with van der Waals surface area (Å²) in [4.78, 5) is 0. The number of benzene rings is 3. The maximum absolute atomic E-state index is 6.81. The monoisotopic (exact) mass is 427 g/mol. The van der Waals surface area contributed by atoms with Crippen LogP contribution in [0.25, 0.3) is 22.2 Å². The second-order valence-corrected chi connectivity index (χ2v) is 14.7. The van der Waals surface area contributed by atoms with E-state index in [2.05, 4.69) is 124 Å². The van der Waals surface area contributed by atoms with E-state index in [1.54, 1.807) is 0 Å². The van der Waals surface area contributed by atoms with Crippen molar-refractivity contribution >= 4 is 19.2 Å². The molecule has 0 N–H and O–H groups in total. The Labute approximate surface area is 187 Å². The number of aromatic nitrogens is 1. The van der Waals surface area contributed by atoms with E-state index in [9.17, 15) is 0 Å². The van der Waals surface area contributed by atoms with Crippen LogP contribution in [0.5, 0.6) is 5.75 Å². The molecular formula is C28H33NOSi. The van der Waals surface area contributed by atoms with E-state index >= 15 is 0 Å². The molecule has 0 saturated heterocycles. The summed E-state index contributed by atoms with van der Waals surface area (Å²) in [5.74, 6) is 1.01. The average Bonchev–Trinajstić information content (AvgIpc) is 3.11. The third kappa shape index (κ3) is 4.20. The van der Waals surface area contributed by atoms with E-state index in [1.165, 1.54) is 33.3 Å². The van der Waals surface area contributed by atoms with Crippen LogP contribution < -0.4 is 4.43 Å². The summed E-state index contributed by atoms with van der Waals surface area (Å²) in [5, 5.41) is 1.36. The van der Waals surface area contributed by atoms with Gasteiger partial charge in [-0.05, 0) is 53.9 Å². The Balaban J connectivity index is 1.93. The lowest BCUT2D eigenvalue weighted by atomic mass is 10.1. The fourth-order valence-electron chi connectivity index (χ4n) is 3.83. The molecule has 0 saturated carbocycles. The van der Waals surface area contributed by atoms with Gasteiger partial charge in [-0.2, -0.15) is 0 Å². The van der Waals surface area contributed by atoms with Gasteiger partial charge >= 0.3 is 0 Å². The van der Waals surface area contributed by atoms with Gasteiger partial charge in [-0.3, -0.25) is 0 Å². The number of aryl methyl sites for hydroxylation is 1. The second-order valence-electron chi connectivity index (χ2n) is 9.97. The molecular weight excluding hydrogens is 394 g/mol. The molecule has 0 fully saturated rings. The molecule has 0 atom stereocenters. The molecule has 1 heterocycles. The molecule has 2 nitrogen and oxygen atoms in total. The van der Waals surface area contributed by atoms with Crippen LogP contribution in [0.2, 0.25) is 18.1 Å². The van der Waals surface area contributed by atoms with Gasteiger partial charge in [-0.1, -0.05) is 87.5 Å². The van der Waals surface area contributed by atoms with Crippen molar-refractivity contribution in [2.75, 3.05) is 0 Å². The smallest absolute Gasteiger partial charge is 0.250 e. The lowest BCUT2D eigenvalue weighted by Crippen LogP contribution is -2.43. The van der Waals surface area contributed by atoms with Gasteiger partial charge in [0.15, 0.2) is 0 Å². The molecule has 3 heteroatoms. The first kappa shape index (κ1) is 21.4. The Morgan fingerprint density at radius 3 is 2.06 bits per heavy atom. The molecule has 0 radical (unpaired) electrons. The number of hydrogen-bond donors (Lipinski definition) is 0. The van der Waals surface area contributed by atoms with Crippen LogP contribution in [0.3, 0.4) is 0 Å². The summed E-state index contributed by atoms with van der Waals surface area (Å²) in [6, 6.07) is 28.1. The maximum Gasteiger partial charge on any atom is 0.250 e. The zero-order valence-electron chi connectivity index (χ0n) is 19.6. The van der Waals surface area contributed by atoms with E-state index in [0.717, 1.165) is 12.3 Å². The molecule has 0 aliphatic carbocycles. The van der Waals surface area contributed by atoms with Crippen molar-refractivity contribution in [1.29, 1.82) is 0 Å². The first-order chi connectivity index (χ1) is 14.7. The first-order valence-corrected chi connectivity index (χ1v) is 14.0. The highest BCUT2D eigenvalue weighted by Crippen LogP contribution is 2.41. The van der Waals surface area contributed by atoms with Crippen molar-refractivity contribution in [1.82, 2.24) is 4.57 Å². The predicted molar refractivity (Wildman–Crippen MR) is 135 cm³/mol. The summed E-state index contributed by atoms with van der Waals surface area (Å²) in [7, 11) is -1.95. The van der Waals surface area contributed by atoms with Crippen LogP contribution >= 0.6 is 0 Å². The van der Waals surface area contributed by atoms with E-state index in [-0.39, 0.29) is 5.04 Å². The third-order valence-corrected chi connectivity index (χ3v) is 11.0. The number of hydrogen-bond acceptors (Lipinski definition) is 1. The van der Waals surface area contributed by atoms with E-state index in [4.69, 9.17) is 4.43 Å². The highest BCUT2D eigenvalue weighted by Gasteiger charge is 2.39. The van der Waals surface area contributed by atoms with Crippen molar-refractivity contribution < 1.29 is 4.43 Å². The van der Waals surface area contributed by atoms with Gasteiger partial charge in [-0.25, -0.2) is 0 Å². The van der Waals surface area contributed by atoms with Gasteiger partial charge in [-0.15, -0.1) is 0 Å². The van der Waals surface area contributed by atoms with Crippen molar-refractivity contribution in [2.45, 2.75) is 52.4 Å². The Kier molecular flexibility index (Phi) is 5.57. The minimum Gasteiger partial charge on any atom is -0.543 e. The minimum atomic E-state index is -1.95. The fourth-order valence-corrected chi connectivity index (χ4v) is 4.86. The fraction of sp³-hybridized carbons (Fsp3) is 0.286. The normalized spacial score (nSPS) is 12.3. The second kappa shape index (κ2) is 8.05. The van der Waals surface area contributed by atoms with Gasteiger partial charge in [0.2, 0.25) is 0 Å². The maximum atomic E-state index is 6.81. The molecule has 160 valence electrons. The largest absolute Gasteiger partial charge is 0.543 e. The molecule has 0 aliphatic heterocycles. The van der Waals surface area contributed by atoms with E-state index < -0.39 is 8.32 Å². The summed E-state index contributed by atoms with van der Waals surface area (Å²) in [6.07, 6.45) is 0. The van der Waals surface area contributed by atoms with Gasteiger partial charge in [0.25, 0.3) is 8.32 Å². The Morgan fingerprint density at radius 2 is 1.45 bits per heavy atom. The lowest BCUT2D eigenvalue weighted by molar-refractivity contribution is 0.496. The van der Waals surface area contributed by atoms with Gasteiger partial charge in [0, 0.05) is 17.6 Å². The zero-order valence-corrected chi connectivity index (χ0v) is 20.6. The van der Waals surface area contributed by atoms with Crippen molar-refractivity contribution in [3.05, 3.63) is 90.0 Å². The van der Waals surface area contributed by atoms with Crippen molar-refractivity contribution in [2.24, 2.45) is 0 Å². The summed E-state index contributed by atoms with van der Waals surface area (Å²) in [5.41, 5.74) is 6.29. The molecule has 0 spiro atoms. The van der Waals surface area contributed by atoms with Gasteiger partial charge in [0.05, 0.1) is 5.52 Å². The highest BCUT2D eigenvalue weighted by molar-refractivity contribution is 6.74. The Bertz CT molecular complexity index is 1180. The van der Waals surface area contributed by atoms with E-state index in [0.29, 0.717) is 0 Å². The Hall–Kier alpha value is -2.78. The molecule has 3 aromatic carbocycles. The first-order valence-electron chi connectivity index (χ1n) is 11.1. The molecule has 0 bridgehead atoms. The van der Waals surface area contributed by atoms with Gasteiger partial charge in [0.1, 0.15) is 5.75 Å². The zero-order chi connectivity index (χ0) is 22.2. The average molecular weight is 428 g/mol. The summed E-state index contributed by atoms with van der Waals surface area (Å²) < 4.78 is 9.27. The predicted octanol–water partition coefficient (Wildman–Crippen LogP) is 8.05. The van der Waals surface area contributed by atoms with Crippen molar-refractivity contribution in [3.63, 3.8) is 0 Å². The van der Waals surface area contributed by atoms with Crippen LogP contribution in [0.4, 0.5) is 0 Å². The molecule has 0 amide bonds. The van der Waals surface area contributed by atoms with Gasteiger partial charge < -0.3 is 8.99 Å². The minimum absolute atomic E-state index is 0.152. The molecule has 31 heavy (non-hydrogen) atoms. The molecule has 4 rings (SSSR count). The topological polar surface area (TPSA) is 14.2 Å². The summed E-state index contributed by atoms with van der Waals surface area (Å²) in [6.45, 7) is 14.5. The third-order valence-electron chi connectivity index (χ3n) is 6.64. The van der Waals surface area contributed by atoms with Crippen molar-refractivity contribution in [3.8, 4) is 17.0 Å². The Morgan fingerprint density at radius 1 is 0.839 bits per heavy atom. The quantitative estimate of drug-likeness (QED) is 0.294. The van der Waals surface area contributed by atoms with Crippen LogP contribution in [0.1, 0.15) is 31.9 Å². The van der Waals surface area contributed by atoms with Crippen LogP contribution in [-0.2, 0) is 6.54 Å². The molecule has 4 aromatic rings. The number of fused-ring (bicyclic) bond motifs is 1. The molecule has 0 unspecified atom stereocenters. The van der Waals surface area contributed by atoms with Crippen LogP contribution in [-0.4, -0.2) is 12.9 Å². The highest BCUT2D eigenvalue weighted by atomic mass is 28.4. The van der Waals surface area contributed by atoms with Crippen LogP contribution in [0.15, 0.2) is 78.9 Å². The standard InChI is InChI=1S/C28H33NOSi/c1-21-17-18-26(30-31(5,6)28(2,3)4)24-19-25(23-15-11-8-12-16-23)29(27(21)24)20-22-13-9-7-10-14-22/h7-19H,20H2,1-6H3. The SMILES string of the molecule is Cc1ccc(O[Si](C)(C)C(C)(C)C)c2cc(-c3ccccc3)n(Cc3ccccc3)c12.